The number of carbonyl (C=O) groups is 1. The van der Waals surface area contributed by atoms with Crippen LogP contribution in [0.4, 0.5) is 0 Å². The van der Waals surface area contributed by atoms with Crippen LogP contribution in [0.1, 0.15) is 37.9 Å². The highest BCUT2D eigenvalue weighted by molar-refractivity contribution is 7.07. The monoisotopic (exact) mass is 358 g/mol. The normalized spacial score (nSPS) is 26.4. The Balaban J connectivity index is 0.00000192. The van der Waals surface area contributed by atoms with Crippen molar-refractivity contribution in [1.82, 2.24) is 10.2 Å². The third-order valence-corrected chi connectivity index (χ3v) is 5.67. The fourth-order valence-corrected chi connectivity index (χ4v) is 4.17. The number of nitrogens with zero attached hydrogens (tertiary/aromatic N) is 1. The van der Waals surface area contributed by atoms with Crippen LogP contribution in [0.2, 0.25) is 0 Å². The Morgan fingerprint density at radius 1 is 1.57 bits per heavy atom. The summed E-state index contributed by atoms with van der Waals surface area (Å²) in [5, 5.41) is 7.64. The van der Waals surface area contributed by atoms with E-state index in [0.29, 0.717) is 37.3 Å². The molecular weight excluding hydrogens is 332 g/mol. The van der Waals surface area contributed by atoms with Crippen LogP contribution in [0.3, 0.4) is 0 Å². The molecule has 2 aliphatic rings. The molecule has 3 unspecified atom stereocenters. The van der Waals surface area contributed by atoms with Gasteiger partial charge in [-0.3, -0.25) is 4.79 Å². The lowest BCUT2D eigenvalue weighted by molar-refractivity contribution is -0.140. The van der Waals surface area contributed by atoms with E-state index >= 15 is 0 Å². The number of amides is 1. The van der Waals surface area contributed by atoms with Crippen molar-refractivity contribution < 1.29 is 9.53 Å². The first-order valence-corrected chi connectivity index (χ1v) is 9.30. The van der Waals surface area contributed by atoms with Crippen molar-refractivity contribution in [2.75, 3.05) is 32.8 Å². The third kappa shape index (κ3) is 4.92. The Labute approximate surface area is 149 Å². The van der Waals surface area contributed by atoms with Crippen molar-refractivity contribution in [3.05, 3.63) is 22.4 Å². The van der Waals surface area contributed by atoms with Crippen LogP contribution in [0, 0.1) is 11.8 Å². The summed E-state index contributed by atoms with van der Waals surface area (Å²) in [7, 11) is 0. The van der Waals surface area contributed by atoms with Crippen molar-refractivity contribution in [3.63, 3.8) is 0 Å². The number of thiophene rings is 1. The molecule has 0 aromatic carbocycles. The Bertz CT molecular complexity index is 477. The summed E-state index contributed by atoms with van der Waals surface area (Å²) in [6, 6.07) is 2.10. The Morgan fingerprint density at radius 3 is 3.13 bits per heavy atom. The quantitative estimate of drug-likeness (QED) is 0.899. The minimum absolute atomic E-state index is 0. The molecule has 1 aromatic rings. The second-order valence-corrected chi connectivity index (χ2v) is 7.32. The second kappa shape index (κ2) is 9.02. The van der Waals surface area contributed by atoms with E-state index in [0.717, 1.165) is 19.6 Å². The van der Waals surface area contributed by atoms with Gasteiger partial charge in [0.15, 0.2) is 0 Å². The Hall–Kier alpha value is -0.620. The van der Waals surface area contributed by atoms with E-state index in [4.69, 9.17) is 4.74 Å². The molecule has 3 rings (SSSR count). The molecule has 1 N–H and O–H groups in total. The highest BCUT2D eigenvalue weighted by Crippen LogP contribution is 2.27. The number of hydrogen-bond donors (Lipinski definition) is 1. The molecule has 2 aliphatic heterocycles. The summed E-state index contributed by atoms with van der Waals surface area (Å²) in [5.41, 5.74) is 1.20. The smallest absolute Gasteiger partial charge is 0.223 e. The predicted octanol–water partition coefficient (Wildman–Crippen LogP) is 3.10. The van der Waals surface area contributed by atoms with Crippen LogP contribution >= 0.6 is 23.7 Å². The molecule has 3 atom stereocenters. The Morgan fingerprint density at radius 2 is 2.43 bits per heavy atom. The van der Waals surface area contributed by atoms with Gasteiger partial charge >= 0.3 is 0 Å². The Kier molecular flexibility index (Phi) is 7.34. The van der Waals surface area contributed by atoms with Gasteiger partial charge in [0, 0.05) is 13.0 Å². The van der Waals surface area contributed by atoms with Crippen LogP contribution in [-0.4, -0.2) is 43.6 Å². The molecule has 3 heterocycles. The molecule has 130 valence electrons. The molecule has 2 fully saturated rings. The van der Waals surface area contributed by atoms with Crippen LogP contribution in [-0.2, 0) is 9.53 Å². The first-order chi connectivity index (χ1) is 10.7. The third-order valence-electron chi connectivity index (χ3n) is 4.97. The second-order valence-electron chi connectivity index (χ2n) is 6.54. The van der Waals surface area contributed by atoms with Crippen LogP contribution in [0.25, 0.3) is 0 Å². The van der Waals surface area contributed by atoms with Crippen LogP contribution < -0.4 is 5.32 Å². The van der Waals surface area contributed by atoms with E-state index in [-0.39, 0.29) is 18.5 Å². The number of nitrogens with one attached hydrogen (secondary N) is 1. The van der Waals surface area contributed by atoms with Gasteiger partial charge in [-0.05, 0) is 60.2 Å². The molecule has 2 saturated heterocycles. The first kappa shape index (κ1) is 18.7. The number of piperidine rings is 1. The highest BCUT2D eigenvalue weighted by Gasteiger charge is 2.28. The molecule has 6 heteroatoms. The number of carbonyl (C=O) groups excluding carboxylic acids is 1. The van der Waals surface area contributed by atoms with Crippen molar-refractivity contribution >= 4 is 29.7 Å². The molecule has 23 heavy (non-hydrogen) atoms. The van der Waals surface area contributed by atoms with Crippen molar-refractivity contribution in [3.8, 4) is 0 Å². The van der Waals surface area contributed by atoms with Crippen LogP contribution in [0.5, 0.6) is 0 Å². The summed E-state index contributed by atoms with van der Waals surface area (Å²) in [5.74, 6) is 1.40. The fourth-order valence-electron chi connectivity index (χ4n) is 3.47. The summed E-state index contributed by atoms with van der Waals surface area (Å²) in [4.78, 5) is 14.6. The lowest BCUT2D eigenvalue weighted by Gasteiger charge is -2.35. The summed E-state index contributed by atoms with van der Waals surface area (Å²) >= 11 is 1.68. The van der Waals surface area contributed by atoms with E-state index in [2.05, 4.69) is 29.1 Å². The molecule has 0 radical (unpaired) electrons. The van der Waals surface area contributed by atoms with Gasteiger partial charge in [0.1, 0.15) is 6.10 Å². The zero-order valence-electron chi connectivity index (χ0n) is 13.7. The zero-order valence-corrected chi connectivity index (χ0v) is 15.3. The molecule has 0 saturated carbocycles. The van der Waals surface area contributed by atoms with Crippen molar-refractivity contribution in [1.29, 1.82) is 0 Å². The maximum atomic E-state index is 12.6. The minimum Gasteiger partial charge on any atom is -0.370 e. The maximum Gasteiger partial charge on any atom is 0.223 e. The van der Waals surface area contributed by atoms with Crippen molar-refractivity contribution in [2.24, 2.45) is 11.8 Å². The number of hydrogen-bond acceptors (Lipinski definition) is 4. The summed E-state index contributed by atoms with van der Waals surface area (Å²) in [6.07, 6.45) is 3.21. The number of morpholine rings is 1. The van der Waals surface area contributed by atoms with Crippen molar-refractivity contribution in [2.45, 2.75) is 32.3 Å². The van der Waals surface area contributed by atoms with Gasteiger partial charge in [-0.25, -0.2) is 0 Å². The zero-order chi connectivity index (χ0) is 15.4. The fraction of sp³-hybridized carbons (Fsp3) is 0.706. The van der Waals surface area contributed by atoms with Gasteiger partial charge in [-0.2, -0.15) is 11.3 Å². The number of halogens is 1. The maximum absolute atomic E-state index is 12.6. The average molecular weight is 359 g/mol. The highest BCUT2D eigenvalue weighted by atomic mass is 35.5. The van der Waals surface area contributed by atoms with E-state index < -0.39 is 0 Å². The average Bonchev–Trinajstić information content (AvgIpc) is 3.10. The predicted molar refractivity (Wildman–Crippen MR) is 96.2 cm³/mol. The van der Waals surface area contributed by atoms with Gasteiger partial charge in [0.2, 0.25) is 5.91 Å². The lowest BCUT2D eigenvalue weighted by Crippen LogP contribution is -2.43. The standard InChI is InChI=1S/C17H26N2O2S.ClH/c1-13(14-3-2-5-18-10-14)9-17(20)19-6-7-21-16(11-19)15-4-8-22-12-15;/h4,8,12-14,16,18H,2-3,5-7,9-11H2,1H3;1H. The van der Waals surface area contributed by atoms with E-state index in [1.54, 1.807) is 11.3 Å². The molecule has 0 aliphatic carbocycles. The first-order valence-electron chi connectivity index (χ1n) is 8.36. The topological polar surface area (TPSA) is 41.6 Å². The summed E-state index contributed by atoms with van der Waals surface area (Å²) < 4.78 is 5.83. The minimum atomic E-state index is 0. The van der Waals surface area contributed by atoms with E-state index in [1.165, 1.54) is 18.4 Å². The molecular formula is C17H27ClN2O2S. The van der Waals surface area contributed by atoms with Gasteiger partial charge in [-0.15, -0.1) is 12.4 Å². The number of ether oxygens (including phenoxy) is 1. The molecule has 1 aromatic heterocycles. The van der Waals surface area contributed by atoms with Crippen LogP contribution in [0.15, 0.2) is 16.8 Å². The summed E-state index contributed by atoms with van der Waals surface area (Å²) in [6.45, 7) is 6.50. The molecule has 0 spiro atoms. The largest absolute Gasteiger partial charge is 0.370 e. The molecule has 0 bridgehead atoms. The van der Waals surface area contributed by atoms with Gasteiger partial charge in [0.05, 0.1) is 13.2 Å². The SMILES string of the molecule is CC(CC(=O)N1CCOC(c2ccsc2)C1)C1CCCNC1.Cl. The van der Waals surface area contributed by atoms with E-state index in [1.807, 2.05) is 4.90 Å². The number of rotatable bonds is 4. The van der Waals surface area contributed by atoms with Gasteiger partial charge in [-0.1, -0.05) is 6.92 Å². The molecule has 1 amide bonds. The van der Waals surface area contributed by atoms with Gasteiger partial charge in [0.25, 0.3) is 0 Å². The van der Waals surface area contributed by atoms with E-state index in [9.17, 15) is 4.79 Å². The lowest BCUT2D eigenvalue weighted by atomic mass is 9.85. The molecule has 4 nitrogen and oxygen atoms in total. The van der Waals surface area contributed by atoms with Gasteiger partial charge < -0.3 is 15.0 Å².